The maximum atomic E-state index is 12.9. The summed E-state index contributed by atoms with van der Waals surface area (Å²) in [5, 5.41) is 9.57. The Morgan fingerprint density at radius 2 is 1.56 bits per heavy atom. The van der Waals surface area contributed by atoms with Gasteiger partial charge in [-0.1, -0.05) is 12.2 Å². The van der Waals surface area contributed by atoms with Crippen LogP contribution in [0.2, 0.25) is 0 Å². The number of aliphatic hydroxyl groups excluding tert-OH is 1. The van der Waals surface area contributed by atoms with Gasteiger partial charge in [0.2, 0.25) is 0 Å². The third kappa shape index (κ3) is 2.82. The van der Waals surface area contributed by atoms with Crippen LogP contribution < -0.4 is 5.32 Å². The lowest BCUT2D eigenvalue weighted by Crippen LogP contribution is -2.62. The molecule has 0 amide bonds. The zero-order valence-corrected chi connectivity index (χ0v) is 9.19. The van der Waals surface area contributed by atoms with Crippen molar-refractivity contribution in [3.63, 3.8) is 0 Å². The molecule has 2 N–H and O–H groups in total. The van der Waals surface area contributed by atoms with E-state index in [4.69, 9.17) is 5.11 Å². The van der Waals surface area contributed by atoms with Crippen molar-refractivity contribution < 1.29 is 40.2 Å². The number of alkyl halides is 8. The zero-order valence-electron chi connectivity index (χ0n) is 8.37. The molecule has 2 nitrogen and oxygen atoms in total. The van der Waals surface area contributed by atoms with Crippen molar-refractivity contribution in [1.29, 1.82) is 0 Å². The summed E-state index contributed by atoms with van der Waals surface area (Å²) < 4.78 is 99.5. The second-order valence-electron chi connectivity index (χ2n) is 3.05. The molecule has 0 aliphatic carbocycles. The van der Waals surface area contributed by atoms with E-state index < -0.39 is 42.3 Å². The highest BCUT2D eigenvalue weighted by Gasteiger charge is 2.76. The Balaban J connectivity index is 5.25. The van der Waals surface area contributed by atoms with Gasteiger partial charge in [-0.05, 0) is 0 Å². The second-order valence-corrected chi connectivity index (χ2v) is 3.46. The third-order valence-corrected chi connectivity index (χ3v) is 2.17. The predicted octanol–water partition coefficient (Wildman–Crippen LogP) is 2.07. The van der Waals surface area contributed by atoms with Crippen molar-refractivity contribution in [3.8, 4) is 0 Å². The Kier molecular flexibility index (Phi) is 5.29. The number of nitrogens with one attached hydrogen (secondary N) is 1. The van der Waals surface area contributed by atoms with Crippen LogP contribution in [0.25, 0.3) is 0 Å². The van der Waals surface area contributed by atoms with E-state index in [9.17, 15) is 35.1 Å². The quantitative estimate of drug-likeness (QED) is 0.582. The van der Waals surface area contributed by atoms with Gasteiger partial charge in [-0.3, -0.25) is 0 Å². The summed E-state index contributed by atoms with van der Waals surface area (Å²) >= 11 is 3.73. The van der Waals surface area contributed by atoms with Crippen molar-refractivity contribution in [2.45, 2.75) is 24.2 Å². The van der Waals surface area contributed by atoms with Crippen LogP contribution in [0.4, 0.5) is 35.1 Å². The molecular formula is C7H7F8NOS. The number of rotatable bonds is 6. The van der Waals surface area contributed by atoms with E-state index in [-0.39, 0.29) is 0 Å². The number of hydrogen-bond donors (Lipinski definition) is 2. The topological polar surface area (TPSA) is 32.3 Å². The molecule has 0 fully saturated rings. The van der Waals surface area contributed by atoms with E-state index in [1.807, 2.05) is 0 Å². The molecule has 0 radical (unpaired) electrons. The van der Waals surface area contributed by atoms with Crippen LogP contribution >= 0.6 is 12.2 Å². The zero-order chi connectivity index (χ0) is 14.8. The number of thiocarbonyl (C=S) groups is 1. The third-order valence-electron chi connectivity index (χ3n) is 1.77. The number of halogens is 8. The highest BCUT2D eigenvalue weighted by Crippen LogP contribution is 2.48. The molecule has 11 heteroatoms. The minimum atomic E-state index is -6.37. The van der Waals surface area contributed by atoms with Gasteiger partial charge in [0.15, 0.2) is 4.99 Å². The molecule has 108 valence electrons. The van der Waals surface area contributed by atoms with Crippen LogP contribution in [0.3, 0.4) is 0 Å². The fourth-order valence-corrected chi connectivity index (χ4v) is 1.000. The van der Waals surface area contributed by atoms with Gasteiger partial charge < -0.3 is 10.4 Å². The molecule has 0 heterocycles. The Labute approximate surface area is 101 Å². The van der Waals surface area contributed by atoms with Gasteiger partial charge >= 0.3 is 24.2 Å². The van der Waals surface area contributed by atoms with Gasteiger partial charge in [-0.2, -0.15) is 26.3 Å². The molecule has 0 atom stereocenters. The van der Waals surface area contributed by atoms with Crippen molar-refractivity contribution >= 4 is 17.2 Å². The molecule has 0 saturated carbocycles. The summed E-state index contributed by atoms with van der Waals surface area (Å²) in [6, 6.07) is 0. The monoisotopic (exact) mass is 305 g/mol. The van der Waals surface area contributed by atoms with Crippen molar-refractivity contribution in [2.24, 2.45) is 0 Å². The minimum absolute atomic E-state index is 0.718. The van der Waals surface area contributed by atoms with E-state index in [0.717, 1.165) is 0 Å². The summed E-state index contributed by atoms with van der Waals surface area (Å²) in [6.07, 6.45) is -4.99. The fraction of sp³-hybridized carbons (Fsp3) is 0.857. The molecule has 0 aromatic carbocycles. The molecule has 0 bridgehead atoms. The lowest BCUT2D eigenvalue weighted by molar-refractivity contribution is -0.319. The van der Waals surface area contributed by atoms with Gasteiger partial charge in [-0.25, -0.2) is 8.78 Å². The summed E-state index contributed by atoms with van der Waals surface area (Å²) in [5.41, 5.74) is 0. The van der Waals surface area contributed by atoms with Gasteiger partial charge in [0.05, 0.1) is 6.61 Å². The summed E-state index contributed by atoms with van der Waals surface area (Å²) in [4.78, 5) is -2.05. The molecule has 0 aromatic rings. The number of aliphatic hydroxyl groups is 1. The highest BCUT2D eigenvalue weighted by atomic mass is 32.1. The van der Waals surface area contributed by atoms with Gasteiger partial charge in [0, 0.05) is 6.54 Å². The summed E-state index contributed by atoms with van der Waals surface area (Å²) in [6.45, 7) is -1.52. The molecule has 18 heavy (non-hydrogen) atoms. The largest absolute Gasteiger partial charge is 0.395 e. The lowest BCUT2D eigenvalue weighted by atomic mass is 10.0. The molecule has 0 aromatic heterocycles. The van der Waals surface area contributed by atoms with Crippen LogP contribution in [0.15, 0.2) is 0 Å². The van der Waals surface area contributed by atoms with E-state index in [0.29, 0.717) is 0 Å². The maximum Gasteiger partial charge on any atom is 0.384 e. The smallest absolute Gasteiger partial charge is 0.384 e. The molecule has 0 spiro atoms. The Morgan fingerprint density at radius 3 is 1.89 bits per heavy atom. The Bertz CT molecular complexity index is 308. The first-order chi connectivity index (χ1) is 7.92. The predicted molar refractivity (Wildman–Crippen MR) is 48.5 cm³/mol. The molecular weight excluding hydrogens is 298 g/mol. The van der Waals surface area contributed by atoms with Crippen LogP contribution in [-0.4, -0.2) is 47.4 Å². The summed E-state index contributed by atoms with van der Waals surface area (Å²) in [7, 11) is 0. The van der Waals surface area contributed by atoms with Crippen LogP contribution in [-0.2, 0) is 0 Å². The van der Waals surface area contributed by atoms with Gasteiger partial charge in [-0.15, -0.1) is 0 Å². The Morgan fingerprint density at radius 1 is 1.11 bits per heavy atom. The minimum Gasteiger partial charge on any atom is -0.395 e. The highest BCUT2D eigenvalue weighted by molar-refractivity contribution is 7.80. The van der Waals surface area contributed by atoms with E-state index in [2.05, 4.69) is 12.2 Å². The van der Waals surface area contributed by atoms with Gasteiger partial charge in [0.1, 0.15) is 0 Å². The number of hydrogen-bond acceptors (Lipinski definition) is 2. The SMILES string of the molecule is OCCNC(=S)C(F)(F)C(F)(F)C(F)(F)C(F)F. The molecule has 0 saturated heterocycles. The van der Waals surface area contributed by atoms with E-state index >= 15 is 0 Å². The average Bonchev–Trinajstić information content (AvgIpc) is 2.24. The van der Waals surface area contributed by atoms with E-state index in [1.54, 1.807) is 0 Å². The van der Waals surface area contributed by atoms with Crippen LogP contribution in [0, 0.1) is 0 Å². The first-order valence-electron chi connectivity index (χ1n) is 4.23. The Hall–Kier alpha value is -0.710. The van der Waals surface area contributed by atoms with Crippen molar-refractivity contribution in [3.05, 3.63) is 0 Å². The average molecular weight is 305 g/mol. The standard InChI is InChI=1S/C7H7F8NOS/c8-3(9)5(10,11)7(14,15)6(12,13)4(18)16-1-2-17/h3,17H,1-2H2,(H,16,18). The van der Waals surface area contributed by atoms with E-state index in [1.165, 1.54) is 5.32 Å². The maximum absolute atomic E-state index is 12.9. The van der Waals surface area contributed by atoms with Crippen molar-refractivity contribution in [1.82, 2.24) is 5.32 Å². The molecule has 0 aliphatic heterocycles. The first-order valence-corrected chi connectivity index (χ1v) is 4.64. The van der Waals surface area contributed by atoms with Crippen LogP contribution in [0.5, 0.6) is 0 Å². The van der Waals surface area contributed by atoms with Gasteiger partial charge in [0.25, 0.3) is 0 Å². The second kappa shape index (κ2) is 5.51. The lowest BCUT2D eigenvalue weighted by Gasteiger charge is -2.32. The van der Waals surface area contributed by atoms with Crippen molar-refractivity contribution in [2.75, 3.05) is 13.2 Å². The molecule has 0 aliphatic rings. The summed E-state index contributed by atoms with van der Waals surface area (Å²) in [5.74, 6) is -18.3. The molecule has 0 unspecified atom stereocenters. The molecule has 0 rings (SSSR count). The first kappa shape index (κ1) is 17.3. The normalized spacial score (nSPS) is 13.9. The fourth-order valence-electron chi connectivity index (χ4n) is 0.769. The van der Waals surface area contributed by atoms with Crippen LogP contribution in [0.1, 0.15) is 0 Å².